The summed E-state index contributed by atoms with van der Waals surface area (Å²) in [6, 6.07) is 57.5. The summed E-state index contributed by atoms with van der Waals surface area (Å²) in [5, 5.41) is 9.53. The first kappa shape index (κ1) is 26.2. The maximum absolute atomic E-state index is 5.17. The van der Waals surface area contributed by atoms with E-state index in [0.717, 1.165) is 27.5 Å². The lowest BCUT2D eigenvalue weighted by molar-refractivity contribution is 1.08. The SMILES string of the molecule is c1ccc(-c2nc(-c3ccccc3)nc(-c3c4ccccc4c(-c4cc5ccccc5c5ccccc45)c4ccccc34)n2)cc1. The smallest absolute Gasteiger partial charge is 0.165 e. The van der Waals surface area contributed by atoms with Crippen LogP contribution in [-0.2, 0) is 0 Å². The highest BCUT2D eigenvalue weighted by Gasteiger charge is 2.21. The lowest BCUT2D eigenvalue weighted by Crippen LogP contribution is -2.01. The van der Waals surface area contributed by atoms with Crippen LogP contribution in [0.2, 0.25) is 0 Å². The van der Waals surface area contributed by atoms with Crippen molar-refractivity contribution in [3.8, 4) is 45.3 Å². The molecule has 0 atom stereocenters. The minimum atomic E-state index is 0.655. The van der Waals surface area contributed by atoms with Crippen LogP contribution in [0.25, 0.3) is 88.4 Å². The first-order valence-corrected chi connectivity index (χ1v) is 15.5. The standard InChI is InChI=1S/C43H27N3/c1-3-15-28(16-4-1)41-44-42(29-17-5-2-6-18-29)46-43(45-41)40-36-25-13-11-23-34(36)39(35-24-12-14-26-37(35)40)38-27-30-19-7-8-20-31(30)32-21-9-10-22-33(32)38/h1-27H. The van der Waals surface area contributed by atoms with E-state index in [1.807, 2.05) is 36.4 Å². The molecule has 0 saturated carbocycles. The molecule has 0 spiro atoms. The largest absolute Gasteiger partial charge is 0.208 e. The molecule has 0 saturated heterocycles. The zero-order chi connectivity index (χ0) is 30.5. The summed E-state index contributed by atoms with van der Waals surface area (Å²) < 4.78 is 0. The van der Waals surface area contributed by atoms with Gasteiger partial charge in [0, 0.05) is 16.7 Å². The third-order valence-electron chi connectivity index (χ3n) is 8.89. The highest BCUT2D eigenvalue weighted by atomic mass is 15.0. The zero-order valence-electron chi connectivity index (χ0n) is 24.9. The molecular formula is C43H27N3. The van der Waals surface area contributed by atoms with Crippen molar-refractivity contribution in [2.24, 2.45) is 0 Å². The molecule has 0 N–H and O–H groups in total. The molecule has 0 aliphatic heterocycles. The van der Waals surface area contributed by atoms with Crippen molar-refractivity contribution in [1.29, 1.82) is 0 Å². The van der Waals surface area contributed by atoms with E-state index in [0.29, 0.717) is 17.5 Å². The van der Waals surface area contributed by atoms with E-state index in [9.17, 15) is 0 Å². The van der Waals surface area contributed by atoms with Crippen molar-refractivity contribution in [3.05, 3.63) is 164 Å². The van der Waals surface area contributed by atoms with Crippen LogP contribution in [0, 0.1) is 0 Å². The van der Waals surface area contributed by atoms with Crippen LogP contribution in [0.1, 0.15) is 0 Å². The molecule has 0 aliphatic rings. The van der Waals surface area contributed by atoms with Gasteiger partial charge in [-0.15, -0.1) is 0 Å². The summed E-state index contributed by atoms with van der Waals surface area (Å²) in [4.78, 5) is 15.3. The van der Waals surface area contributed by atoms with Crippen molar-refractivity contribution in [1.82, 2.24) is 15.0 Å². The van der Waals surface area contributed by atoms with Crippen molar-refractivity contribution in [3.63, 3.8) is 0 Å². The number of fused-ring (bicyclic) bond motifs is 5. The molecule has 3 nitrogen and oxygen atoms in total. The van der Waals surface area contributed by atoms with Crippen LogP contribution < -0.4 is 0 Å². The van der Waals surface area contributed by atoms with Crippen LogP contribution in [0.4, 0.5) is 0 Å². The Hall–Kier alpha value is -6.19. The first-order chi connectivity index (χ1) is 22.8. The Morgan fingerprint density at radius 2 is 0.674 bits per heavy atom. The number of nitrogens with zero attached hydrogens (tertiary/aromatic N) is 3. The minimum Gasteiger partial charge on any atom is -0.208 e. The second-order valence-electron chi connectivity index (χ2n) is 11.6. The molecular weight excluding hydrogens is 558 g/mol. The molecule has 3 heteroatoms. The van der Waals surface area contributed by atoms with Crippen LogP contribution >= 0.6 is 0 Å². The Labute approximate surface area is 266 Å². The van der Waals surface area contributed by atoms with Gasteiger partial charge in [0.1, 0.15) is 0 Å². The molecule has 0 fully saturated rings. The fourth-order valence-corrected chi connectivity index (χ4v) is 6.84. The van der Waals surface area contributed by atoms with E-state index in [-0.39, 0.29) is 0 Å². The molecule has 9 rings (SSSR count). The van der Waals surface area contributed by atoms with Gasteiger partial charge < -0.3 is 0 Å². The zero-order valence-corrected chi connectivity index (χ0v) is 24.9. The van der Waals surface area contributed by atoms with Crippen molar-refractivity contribution >= 4 is 43.1 Å². The molecule has 0 aliphatic carbocycles. The van der Waals surface area contributed by atoms with Crippen molar-refractivity contribution in [2.45, 2.75) is 0 Å². The van der Waals surface area contributed by atoms with E-state index in [4.69, 9.17) is 15.0 Å². The Morgan fingerprint density at radius 3 is 1.22 bits per heavy atom. The van der Waals surface area contributed by atoms with E-state index in [1.54, 1.807) is 0 Å². The quantitative estimate of drug-likeness (QED) is 0.152. The maximum Gasteiger partial charge on any atom is 0.165 e. The van der Waals surface area contributed by atoms with E-state index >= 15 is 0 Å². The molecule has 46 heavy (non-hydrogen) atoms. The second kappa shape index (κ2) is 10.8. The summed E-state index contributed by atoms with van der Waals surface area (Å²) >= 11 is 0. The molecule has 214 valence electrons. The Morgan fingerprint density at radius 1 is 0.283 bits per heavy atom. The summed E-state index contributed by atoms with van der Waals surface area (Å²) in [5.41, 5.74) is 5.36. The van der Waals surface area contributed by atoms with Gasteiger partial charge in [0.2, 0.25) is 0 Å². The van der Waals surface area contributed by atoms with Crippen molar-refractivity contribution < 1.29 is 0 Å². The fraction of sp³-hybridized carbons (Fsp3) is 0. The molecule has 9 aromatic rings. The first-order valence-electron chi connectivity index (χ1n) is 15.5. The summed E-state index contributed by atoms with van der Waals surface area (Å²) in [5.74, 6) is 1.97. The van der Waals surface area contributed by atoms with Crippen LogP contribution in [0.3, 0.4) is 0 Å². The van der Waals surface area contributed by atoms with Gasteiger partial charge in [-0.1, -0.05) is 158 Å². The Bertz CT molecular complexity index is 2460. The molecule has 0 radical (unpaired) electrons. The maximum atomic E-state index is 5.17. The summed E-state index contributed by atoms with van der Waals surface area (Å²) in [6.45, 7) is 0. The molecule has 1 aromatic heterocycles. The summed E-state index contributed by atoms with van der Waals surface area (Å²) in [6.07, 6.45) is 0. The average Bonchev–Trinajstić information content (AvgIpc) is 3.14. The van der Waals surface area contributed by atoms with Gasteiger partial charge in [-0.3, -0.25) is 0 Å². The molecule has 1 heterocycles. The van der Waals surface area contributed by atoms with Gasteiger partial charge in [0.05, 0.1) is 0 Å². The predicted octanol–water partition coefficient (Wildman–Crippen LogP) is 11.2. The predicted molar refractivity (Wildman–Crippen MR) is 192 cm³/mol. The third-order valence-corrected chi connectivity index (χ3v) is 8.89. The minimum absolute atomic E-state index is 0.655. The number of rotatable bonds is 4. The van der Waals surface area contributed by atoms with Gasteiger partial charge >= 0.3 is 0 Å². The van der Waals surface area contributed by atoms with Gasteiger partial charge in [0.25, 0.3) is 0 Å². The highest BCUT2D eigenvalue weighted by Crippen LogP contribution is 2.46. The number of aromatic nitrogens is 3. The third kappa shape index (κ3) is 4.25. The summed E-state index contributed by atoms with van der Waals surface area (Å²) in [7, 11) is 0. The molecule has 0 unspecified atom stereocenters. The van der Waals surface area contributed by atoms with E-state index < -0.39 is 0 Å². The monoisotopic (exact) mass is 585 g/mol. The van der Waals surface area contributed by atoms with Crippen LogP contribution in [-0.4, -0.2) is 15.0 Å². The molecule has 0 amide bonds. The normalized spacial score (nSPS) is 11.5. The van der Waals surface area contributed by atoms with Gasteiger partial charge in [-0.25, -0.2) is 15.0 Å². The molecule has 0 bridgehead atoms. The topological polar surface area (TPSA) is 38.7 Å². The Kier molecular flexibility index (Phi) is 6.14. The van der Waals surface area contributed by atoms with Crippen molar-refractivity contribution in [2.75, 3.05) is 0 Å². The second-order valence-corrected chi connectivity index (χ2v) is 11.6. The fourth-order valence-electron chi connectivity index (χ4n) is 6.84. The average molecular weight is 586 g/mol. The highest BCUT2D eigenvalue weighted by molar-refractivity contribution is 6.25. The van der Waals surface area contributed by atoms with E-state index in [1.165, 1.54) is 43.4 Å². The van der Waals surface area contributed by atoms with Gasteiger partial charge in [-0.2, -0.15) is 0 Å². The van der Waals surface area contributed by atoms with E-state index in [2.05, 4.69) is 127 Å². The number of hydrogen-bond donors (Lipinski definition) is 0. The number of hydrogen-bond acceptors (Lipinski definition) is 3. The lowest BCUT2D eigenvalue weighted by Gasteiger charge is -2.19. The number of benzene rings is 8. The van der Waals surface area contributed by atoms with Crippen LogP contribution in [0.15, 0.2) is 164 Å². The van der Waals surface area contributed by atoms with Crippen LogP contribution in [0.5, 0.6) is 0 Å². The molecule has 8 aromatic carbocycles. The van der Waals surface area contributed by atoms with Gasteiger partial charge in [0.15, 0.2) is 17.5 Å². The Balaban J connectivity index is 1.41. The van der Waals surface area contributed by atoms with Gasteiger partial charge in [-0.05, 0) is 60.3 Å². The lowest BCUT2D eigenvalue weighted by atomic mass is 9.85.